The molecule has 102 valence electrons. The molecule has 3 nitrogen and oxygen atoms in total. The molecule has 2 rings (SSSR count). The number of alkyl halides is 2. The zero-order chi connectivity index (χ0) is 14.4. The number of anilines is 1. The van der Waals surface area contributed by atoms with Gasteiger partial charge in [0.1, 0.15) is 11.8 Å². The highest BCUT2D eigenvalue weighted by atomic mass is 19.3. The fraction of sp³-hybridized carbons (Fsp3) is 0.133. The number of ether oxygens (including phenoxy) is 1. The highest BCUT2D eigenvalue weighted by Gasteiger charge is 2.09. The van der Waals surface area contributed by atoms with Crippen molar-refractivity contribution < 1.29 is 13.5 Å². The second kappa shape index (κ2) is 6.53. The minimum absolute atomic E-state index is 0.129. The van der Waals surface area contributed by atoms with E-state index in [1.54, 1.807) is 42.5 Å². The third kappa shape index (κ3) is 3.45. The van der Waals surface area contributed by atoms with Crippen molar-refractivity contribution in [3.63, 3.8) is 0 Å². The van der Waals surface area contributed by atoms with Crippen LogP contribution >= 0.6 is 0 Å². The van der Waals surface area contributed by atoms with Gasteiger partial charge in [-0.3, -0.25) is 0 Å². The molecular weight excluding hydrogens is 262 g/mol. The van der Waals surface area contributed by atoms with Gasteiger partial charge in [0.2, 0.25) is 0 Å². The minimum atomic E-state index is -2.86. The molecule has 0 saturated carbocycles. The van der Waals surface area contributed by atoms with Crippen LogP contribution in [0.15, 0.2) is 48.5 Å². The van der Waals surface area contributed by atoms with Gasteiger partial charge in [0.05, 0.1) is 11.3 Å². The normalized spacial score (nSPS) is 10.1. The third-order valence-corrected chi connectivity index (χ3v) is 2.71. The van der Waals surface area contributed by atoms with E-state index < -0.39 is 6.61 Å². The highest BCUT2D eigenvalue weighted by Crippen LogP contribution is 2.22. The first-order valence-electron chi connectivity index (χ1n) is 5.96. The van der Waals surface area contributed by atoms with Gasteiger partial charge in [0.25, 0.3) is 0 Å². The van der Waals surface area contributed by atoms with Crippen molar-refractivity contribution in [1.29, 1.82) is 5.26 Å². The molecule has 5 heteroatoms. The van der Waals surface area contributed by atoms with Crippen LogP contribution in [-0.2, 0) is 6.54 Å². The molecule has 0 heterocycles. The van der Waals surface area contributed by atoms with Crippen LogP contribution in [0.25, 0.3) is 0 Å². The summed E-state index contributed by atoms with van der Waals surface area (Å²) in [5, 5.41) is 12.0. The summed E-state index contributed by atoms with van der Waals surface area (Å²) >= 11 is 0. The van der Waals surface area contributed by atoms with Crippen LogP contribution in [0.2, 0.25) is 0 Å². The fourth-order valence-corrected chi connectivity index (χ4v) is 1.79. The highest BCUT2D eigenvalue weighted by molar-refractivity contribution is 5.57. The molecule has 0 saturated heterocycles. The number of para-hydroxylation sites is 2. The van der Waals surface area contributed by atoms with Crippen LogP contribution in [0.1, 0.15) is 11.1 Å². The number of benzene rings is 2. The van der Waals surface area contributed by atoms with Gasteiger partial charge in [-0.25, -0.2) is 0 Å². The van der Waals surface area contributed by atoms with Gasteiger partial charge < -0.3 is 10.1 Å². The Morgan fingerprint density at radius 2 is 1.80 bits per heavy atom. The van der Waals surface area contributed by atoms with Gasteiger partial charge in [-0.05, 0) is 18.2 Å². The molecule has 2 aromatic carbocycles. The van der Waals surface area contributed by atoms with Crippen molar-refractivity contribution in [1.82, 2.24) is 0 Å². The fourth-order valence-electron chi connectivity index (χ4n) is 1.79. The Morgan fingerprint density at radius 1 is 1.10 bits per heavy atom. The second-order valence-electron chi connectivity index (χ2n) is 4.00. The molecule has 2 aromatic rings. The summed E-state index contributed by atoms with van der Waals surface area (Å²) in [6.45, 7) is -2.57. The second-order valence-corrected chi connectivity index (χ2v) is 4.00. The van der Waals surface area contributed by atoms with E-state index in [0.717, 1.165) is 0 Å². The maximum Gasteiger partial charge on any atom is 0.387 e. The zero-order valence-electron chi connectivity index (χ0n) is 10.5. The Kier molecular flexibility index (Phi) is 4.51. The van der Waals surface area contributed by atoms with Gasteiger partial charge in [0.15, 0.2) is 0 Å². The van der Waals surface area contributed by atoms with E-state index in [-0.39, 0.29) is 5.75 Å². The lowest BCUT2D eigenvalue weighted by atomic mass is 10.1. The first kappa shape index (κ1) is 13.8. The Balaban J connectivity index is 2.13. The molecule has 0 aliphatic rings. The number of hydrogen-bond donors (Lipinski definition) is 1. The predicted octanol–water partition coefficient (Wildman–Crippen LogP) is 3.77. The quantitative estimate of drug-likeness (QED) is 0.902. The number of halogens is 2. The van der Waals surface area contributed by atoms with Crippen LogP contribution in [-0.4, -0.2) is 6.61 Å². The number of hydrogen-bond acceptors (Lipinski definition) is 3. The van der Waals surface area contributed by atoms with E-state index in [1.807, 2.05) is 0 Å². The van der Waals surface area contributed by atoms with Crippen molar-refractivity contribution in [2.24, 2.45) is 0 Å². The van der Waals surface area contributed by atoms with Crippen molar-refractivity contribution in [3.05, 3.63) is 59.7 Å². The maximum absolute atomic E-state index is 12.3. The molecule has 0 unspecified atom stereocenters. The van der Waals surface area contributed by atoms with Crippen molar-refractivity contribution in [2.75, 3.05) is 5.32 Å². The first-order chi connectivity index (χ1) is 9.70. The molecule has 0 aliphatic carbocycles. The van der Waals surface area contributed by atoms with Gasteiger partial charge in [0, 0.05) is 12.1 Å². The van der Waals surface area contributed by atoms with E-state index in [1.165, 1.54) is 6.07 Å². The lowest BCUT2D eigenvalue weighted by Gasteiger charge is -2.12. The molecule has 0 fully saturated rings. The van der Waals surface area contributed by atoms with E-state index in [2.05, 4.69) is 16.1 Å². The molecule has 0 amide bonds. The number of rotatable bonds is 5. The molecule has 0 atom stereocenters. The molecule has 1 N–H and O–H groups in total. The van der Waals surface area contributed by atoms with Crippen LogP contribution in [0.3, 0.4) is 0 Å². The first-order valence-corrected chi connectivity index (χ1v) is 5.96. The van der Waals surface area contributed by atoms with Gasteiger partial charge in [-0.15, -0.1) is 0 Å². The maximum atomic E-state index is 12.3. The Bertz CT molecular complexity index is 623. The number of nitrogens with one attached hydrogen (secondary N) is 1. The van der Waals surface area contributed by atoms with E-state index in [0.29, 0.717) is 23.4 Å². The van der Waals surface area contributed by atoms with E-state index in [4.69, 9.17) is 5.26 Å². The molecule has 0 aliphatic heterocycles. The van der Waals surface area contributed by atoms with Crippen molar-refractivity contribution >= 4 is 5.69 Å². The van der Waals surface area contributed by atoms with Crippen LogP contribution in [0, 0.1) is 11.3 Å². The van der Waals surface area contributed by atoms with E-state index in [9.17, 15) is 8.78 Å². The zero-order valence-corrected chi connectivity index (χ0v) is 10.5. The molecule has 0 radical (unpaired) electrons. The predicted molar refractivity (Wildman–Crippen MR) is 71.6 cm³/mol. The van der Waals surface area contributed by atoms with Crippen LogP contribution in [0.5, 0.6) is 5.75 Å². The smallest absolute Gasteiger partial charge is 0.387 e. The average molecular weight is 274 g/mol. The van der Waals surface area contributed by atoms with Crippen molar-refractivity contribution in [3.8, 4) is 11.8 Å². The topological polar surface area (TPSA) is 45.0 Å². The Labute approximate surface area is 115 Å². The Morgan fingerprint density at radius 3 is 2.55 bits per heavy atom. The lowest BCUT2D eigenvalue weighted by molar-refractivity contribution is -0.0504. The summed E-state index contributed by atoms with van der Waals surface area (Å²) in [5.74, 6) is 0.129. The summed E-state index contributed by atoms with van der Waals surface area (Å²) in [6.07, 6.45) is 0. The summed E-state index contributed by atoms with van der Waals surface area (Å²) in [7, 11) is 0. The SMILES string of the molecule is N#Cc1ccccc1NCc1ccccc1OC(F)F. The molecule has 0 aromatic heterocycles. The number of nitrogens with zero attached hydrogens (tertiary/aromatic N) is 1. The summed E-state index contributed by atoms with van der Waals surface area (Å²) in [5.41, 5.74) is 1.75. The molecule has 0 spiro atoms. The molecule has 0 bridgehead atoms. The molecular formula is C15H12F2N2O. The van der Waals surface area contributed by atoms with E-state index >= 15 is 0 Å². The third-order valence-electron chi connectivity index (χ3n) is 2.71. The standard InChI is InChI=1S/C15H12F2N2O/c16-15(17)20-14-8-4-2-6-12(14)10-19-13-7-3-1-5-11(13)9-18/h1-8,15,19H,10H2. The van der Waals surface area contributed by atoms with Gasteiger partial charge in [-0.2, -0.15) is 14.0 Å². The minimum Gasteiger partial charge on any atom is -0.434 e. The van der Waals surface area contributed by atoms with Crippen LogP contribution < -0.4 is 10.1 Å². The summed E-state index contributed by atoms with van der Waals surface area (Å²) < 4.78 is 29.0. The number of nitriles is 1. The average Bonchev–Trinajstić information content (AvgIpc) is 2.46. The Hall–Kier alpha value is -2.61. The van der Waals surface area contributed by atoms with Crippen molar-refractivity contribution in [2.45, 2.75) is 13.2 Å². The lowest BCUT2D eigenvalue weighted by Crippen LogP contribution is -2.07. The van der Waals surface area contributed by atoms with Gasteiger partial charge >= 0.3 is 6.61 Å². The van der Waals surface area contributed by atoms with Crippen LogP contribution in [0.4, 0.5) is 14.5 Å². The van der Waals surface area contributed by atoms with Gasteiger partial charge in [-0.1, -0.05) is 30.3 Å². The molecule has 20 heavy (non-hydrogen) atoms. The summed E-state index contributed by atoms with van der Waals surface area (Å²) in [6, 6.07) is 15.6. The summed E-state index contributed by atoms with van der Waals surface area (Å²) in [4.78, 5) is 0. The monoisotopic (exact) mass is 274 g/mol. The largest absolute Gasteiger partial charge is 0.434 e.